The summed E-state index contributed by atoms with van der Waals surface area (Å²) in [6, 6.07) is 4.69. The number of benzene rings is 1. The number of aryl methyl sites for hydroxylation is 2. The predicted octanol–water partition coefficient (Wildman–Crippen LogP) is 2.32. The van der Waals surface area contributed by atoms with Crippen molar-refractivity contribution >= 4 is 27.7 Å². The van der Waals surface area contributed by atoms with Crippen LogP contribution in [0, 0.1) is 13.8 Å². The number of nitrogens with one attached hydrogen (secondary N) is 3. The minimum atomic E-state index is -3.57. The molecule has 1 aliphatic rings. The van der Waals surface area contributed by atoms with Crippen LogP contribution in [0.5, 0.6) is 5.75 Å². The molecular weight excluding hydrogens is 438 g/mol. The molecule has 170 valence electrons. The monoisotopic (exact) mass is 467 g/mol. The largest absolute Gasteiger partial charge is 0.484 e. The number of aromatic amines is 1. The zero-order valence-corrected chi connectivity index (χ0v) is 19.4. The van der Waals surface area contributed by atoms with E-state index in [9.17, 15) is 13.2 Å². The molecule has 0 atom stereocenters. The van der Waals surface area contributed by atoms with Crippen LogP contribution in [0.1, 0.15) is 43.5 Å². The maximum Gasteiger partial charge on any atom is 0.257 e. The Hall–Kier alpha value is -2.11. The first-order chi connectivity index (χ1) is 14.8. The molecule has 31 heavy (non-hydrogen) atoms. The summed E-state index contributed by atoms with van der Waals surface area (Å²) in [5.41, 5.74) is 0.662. The lowest BCUT2D eigenvalue weighted by atomic mass is 9.96. The van der Waals surface area contributed by atoms with E-state index >= 15 is 0 Å². The zero-order valence-electron chi connectivity index (χ0n) is 17.8. The van der Waals surface area contributed by atoms with Crippen molar-refractivity contribution in [1.82, 2.24) is 25.2 Å². The lowest BCUT2D eigenvalue weighted by molar-refractivity contribution is -0.122. The van der Waals surface area contributed by atoms with Gasteiger partial charge in [-0.15, -0.1) is 5.10 Å². The van der Waals surface area contributed by atoms with E-state index in [0.29, 0.717) is 28.8 Å². The lowest BCUT2D eigenvalue weighted by Gasteiger charge is -2.22. The number of sulfonamides is 1. The van der Waals surface area contributed by atoms with Crippen molar-refractivity contribution in [3.63, 3.8) is 0 Å². The maximum absolute atomic E-state index is 12.7. The van der Waals surface area contributed by atoms with E-state index in [4.69, 9.17) is 4.74 Å². The van der Waals surface area contributed by atoms with Crippen LogP contribution < -0.4 is 14.8 Å². The Morgan fingerprint density at radius 1 is 1.26 bits per heavy atom. The molecule has 1 fully saturated rings. The van der Waals surface area contributed by atoms with Crippen LogP contribution in [0.4, 0.5) is 0 Å². The highest BCUT2D eigenvalue weighted by molar-refractivity contribution is 7.99. The van der Waals surface area contributed by atoms with Crippen molar-refractivity contribution in [2.75, 3.05) is 18.9 Å². The number of H-pyrrole nitrogens is 1. The van der Waals surface area contributed by atoms with Crippen molar-refractivity contribution in [1.29, 1.82) is 0 Å². The highest BCUT2D eigenvalue weighted by Crippen LogP contribution is 2.24. The van der Waals surface area contributed by atoms with Gasteiger partial charge >= 0.3 is 0 Å². The normalized spacial score (nSPS) is 15.0. The average Bonchev–Trinajstić information content (AvgIpc) is 3.15. The molecule has 3 N–H and O–H groups in total. The second-order valence-electron chi connectivity index (χ2n) is 7.57. The van der Waals surface area contributed by atoms with Gasteiger partial charge in [-0.25, -0.2) is 18.1 Å². The third-order valence-electron chi connectivity index (χ3n) is 4.97. The van der Waals surface area contributed by atoms with Gasteiger partial charge in [0.25, 0.3) is 5.91 Å². The Kier molecular flexibility index (Phi) is 8.33. The van der Waals surface area contributed by atoms with E-state index < -0.39 is 10.0 Å². The molecule has 1 aromatic carbocycles. The first kappa shape index (κ1) is 23.6. The molecule has 0 aliphatic heterocycles. The molecule has 11 heteroatoms. The molecule has 0 unspecified atom stereocenters. The van der Waals surface area contributed by atoms with Crippen molar-refractivity contribution < 1.29 is 17.9 Å². The van der Waals surface area contributed by atoms with Crippen LogP contribution in [0.2, 0.25) is 0 Å². The van der Waals surface area contributed by atoms with Gasteiger partial charge in [-0.05, 0) is 50.5 Å². The van der Waals surface area contributed by atoms with Gasteiger partial charge in [-0.1, -0.05) is 31.0 Å². The van der Waals surface area contributed by atoms with Gasteiger partial charge in [0.15, 0.2) is 6.61 Å². The molecule has 3 rings (SSSR count). The van der Waals surface area contributed by atoms with Gasteiger partial charge in [0.2, 0.25) is 15.2 Å². The molecule has 0 saturated heterocycles. The molecule has 1 aromatic heterocycles. The van der Waals surface area contributed by atoms with Gasteiger partial charge in [0.05, 0.1) is 4.90 Å². The summed E-state index contributed by atoms with van der Waals surface area (Å²) in [5, 5.41) is 10.2. The fourth-order valence-corrected chi connectivity index (χ4v) is 5.46. The van der Waals surface area contributed by atoms with Crippen LogP contribution in [-0.4, -0.2) is 54.5 Å². The van der Waals surface area contributed by atoms with E-state index in [1.54, 1.807) is 19.1 Å². The Balaban J connectivity index is 1.44. The molecule has 0 spiro atoms. The van der Waals surface area contributed by atoms with Crippen LogP contribution in [-0.2, 0) is 14.8 Å². The number of carbonyl (C=O) groups is 1. The standard InChI is InChI=1S/C20H29N5O4S2/c1-14-12-17(31(27,28)25-16-6-4-3-5-7-16)8-9-18(14)29-13-19(26)21-10-11-30-20-22-15(2)23-24-20/h8-9,12,16,25H,3-7,10-11,13H2,1-2H3,(H,21,26)(H,22,23,24). The van der Waals surface area contributed by atoms with E-state index in [-0.39, 0.29) is 23.5 Å². The molecule has 1 saturated carbocycles. The third-order valence-corrected chi connectivity index (χ3v) is 7.34. The van der Waals surface area contributed by atoms with Gasteiger partial charge in [-0.2, -0.15) is 0 Å². The summed E-state index contributed by atoms with van der Waals surface area (Å²) in [5.74, 6) is 1.63. The van der Waals surface area contributed by atoms with Gasteiger partial charge in [0.1, 0.15) is 11.6 Å². The molecule has 1 aliphatic carbocycles. The number of aromatic nitrogens is 3. The lowest BCUT2D eigenvalue weighted by Crippen LogP contribution is -2.36. The van der Waals surface area contributed by atoms with Crippen molar-refractivity contribution in [3.8, 4) is 5.75 Å². The number of thioether (sulfide) groups is 1. The summed E-state index contributed by atoms with van der Waals surface area (Å²) < 4.78 is 33.7. The molecule has 2 aromatic rings. The first-order valence-electron chi connectivity index (χ1n) is 10.4. The van der Waals surface area contributed by atoms with Crippen LogP contribution in [0.25, 0.3) is 0 Å². The van der Waals surface area contributed by atoms with Gasteiger partial charge < -0.3 is 10.1 Å². The highest BCUT2D eigenvalue weighted by Gasteiger charge is 2.22. The number of ether oxygens (including phenoxy) is 1. The minimum absolute atomic E-state index is 0.00433. The highest BCUT2D eigenvalue weighted by atomic mass is 32.2. The molecule has 9 nitrogen and oxygen atoms in total. The number of amides is 1. The Morgan fingerprint density at radius 2 is 2.03 bits per heavy atom. The van der Waals surface area contributed by atoms with Crippen molar-refractivity contribution in [2.45, 2.75) is 62.0 Å². The van der Waals surface area contributed by atoms with E-state index in [2.05, 4.69) is 25.2 Å². The molecule has 1 heterocycles. The van der Waals surface area contributed by atoms with Crippen LogP contribution >= 0.6 is 11.8 Å². The number of rotatable bonds is 10. The number of hydrogen-bond donors (Lipinski definition) is 3. The number of hydrogen-bond acceptors (Lipinski definition) is 7. The summed E-state index contributed by atoms with van der Waals surface area (Å²) >= 11 is 1.44. The fourth-order valence-electron chi connectivity index (χ4n) is 3.37. The smallest absolute Gasteiger partial charge is 0.257 e. The van der Waals surface area contributed by atoms with Crippen LogP contribution in [0.15, 0.2) is 28.3 Å². The average molecular weight is 468 g/mol. The SMILES string of the molecule is Cc1nc(SCCNC(=O)COc2ccc(S(=O)(=O)NC3CCCCC3)cc2C)n[nH]1. The Morgan fingerprint density at radius 3 is 2.71 bits per heavy atom. The Labute approximate surface area is 187 Å². The number of nitrogens with zero attached hydrogens (tertiary/aromatic N) is 2. The maximum atomic E-state index is 12.7. The van der Waals surface area contributed by atoms with E-state index in [1.165, 1.54) is 17.8 Å². The summed E-state index contributed by atoms with van der Waals surface area (Å²) in [6.45, 7) is 3.91. The van der Waals surface area contributed by atoms with Crippen molar-refractivity contribution in [2.24, 2.45) is 0 Å². The molecule has 0 radical (unpaired) electrons. The fraction of sp³-hybridized carbons (Fsp3) is 0.550. The quantitative estimate of drug-likeness (QED) is 0.362. The predicted molar refractivity (Wildman–Crippen MR) is 119 cm³/mol. The minimum Gasteiger partial charge on any atom is -0.484 e. The summed E-state index contributed by atoms with van der Waals surface area (Å²) in [6.07, 6.45) is 5.03. The van der Waals surface area contributed by atoms with Crippen molar-refractivity contribution in [3.05, 3.63) is 29.6 Å². The molecule has 0 bridgehead atoms. The van der Waals surface area contributed by atoms with Crippen LogP contribution in [0.3, 0.4) is 0 Å². The van der Waals surface area contributed by atoms with Gasteiger partial charge in [-0.3, -0.25) is 9.89 Å². The summed E-state index contributed by atoms with van der Waals surface area (Å²) in [4.78, 5) is 16.4. The zero-order chi connectivity index (χ0) is 22.3. The topological polar surface area (TPSA) is 126 Å². The second kappa shape index (κ2) is 11.0. The second-order valence-corrected chi connectivity index (χ2v) is 10.4. The van der Waals surface area contributed by atoms with Gasteiger partial charge in [0, 0.05) is 18.3 Å². The number of carbonyl (C=O) groups excluding carboxylic acids is 1. The first-order valence-corrected chi connectivity index (χ1v) is 12.8. The Bertz CT molecular complexity index is 987. The summed E-state index contributed by atoms with van der Waals surface area (Å²) in [7, 11) is -3.57. The van der Waals surface area contributed by atoms with E-state index in [1.807, 2.05) is 6.92 Å². The molecule has 1 amide bonds. The van der Waals surface area contributed by atoms with E-state index in [0.717, 1.165) is 37.9 Å². The third kappa shape index (κ3) is 7.22. The molecular formula is C20H29N5O4S2.